The predicted molar refractivity (Wildman–Crippen MR) is 73.6 cm³/mol. The van der Waals surface area contributed by atoms with E-state index in [0.717, 1.165) is 18.5 Å². The number of rotatable bonds is 9. The third-order valence-corrected chi connectivity index (χ3v) is 3.06. The van der Waals surface area contributed by atoms with Gasteiger partial charge in [0.2, 0.25) is 0 Å². The van der Waals surface area contributed by atoms with Gasteiger partial charge in [0.1, 0.15) is 5.75 Å². The summed E-state index contributed by atoms with van der Waals surface area (Å²) in [6.07, 6.45) is 4.85. The summed E-state index contributed by atoms with van der Waals surface area (Å²) in [5.74, 6) is 0.215. The van der Waals surface area contributed by atoms with Crippen LogP contribution in [0.3, 0.4) is 0 Å². The number of hydrogen-bond acceptors (Lipinski definition) is 2. The van der Waals surface area contributed by atoms with Crippen LogP contribution in [0.1, 0.15) is 51.1 Å². The van der Waals surface area contributed by atoms with Gasteiger partial charge in [-0.2, -0.15) is 8.78 Å². The molecule has 0 radical (unpaired) electrons. The Kier molecular flexibility index (Phi) is 7.41. The van der Waals surface area contributed by atoms with Gasteiger partial charge in [0.05, 0.1) is 0 Å². The molecule has 0 bridgehead atoms. The summed E-state index contributed by atoms with van der Waals surface area (Å²) >= 11 is 0. The van der Waals surface area contributed by atoms with Crippen LogP contribution >= 0.6 is 0 Å². The van der Waals surface area contributed by atoms with Gasteiger partial charge < -0.3 is 10.1 Å². The van der Waals surface area contributed by atoms with Crippen molar-refractivity contribution >= 4 is 0 Å². The third-order valence-electron chi connectivity index (χ3n) is 3.06. The van der Waals surface area contributed by atoms with Crippen LogP contribution in [0.2, 0.25) is 0 Å². The third kappa shape index (κ3) is 6.53. The number of ether oxygens (including phenoxy) is 1. The van der Waals surface area contributed by atoms with Crippen molar-refractivity contribution in [2.24, 2.45) is 0 Å². The first-order valence-corrected chi connectivity index (χ1v) is 6.91. The zero-order valence-electron chi connectivity index (χ0n) is 11.7. The summed E-state index contributed by atoms with van der Waals surface area (Å²) in [7, 11) is 0. The molecule has 19 heavy (non-hydrogen) atoms. The molecule has 1 rings (SSSR count). The molecule has 1 atom stereocenters. The number of hydrogen-bond donors (Lipinski definition) is 1. The molecule has 0 aliphatic carbocycles. The fraction of sp³-hybridized carbons (Fsp3) is 0.600. The summed E-state index contributed by atoms with van der Waals surface area (Å²) in [6.45, 7) is 2.39. The molecule has 0 aliphatic rings. The smallest absolute Gasteiger partial charge is 0.387 e. The minimum atomic E-state index is -2.77. The monoisotopic (exact) mass is 271 g/mol. The van der Waals surface area contributed by atoms with E-state index in [1.54, 1.807) is 18.2 Å². The molecule has 4 heteroatoms. The van der Waals surface area contributed by atoms with E-state index >= 15 is 0 Å². The highest BCUT2D eigenvalue weighted by Gasteiger charge is 2.08. The number of benzene rings is 1. The van der Waals surface area contributed by atoms with Crippen LogP contribution in [0, 0.1) is 0 Å². The minimum Gasteiger partial charge on any atom is -0.435 e. The van der Waals surface area contributed by atoms with E-state index < -0.39 is 6.61 Å². The Balaban J connectivity index is 2.40. The zero-order chi connectivity index (χ0) is 14.1. The molecule has 0 saturated heterocycles. The van der Waals surface area contributed by atoms with Gasteiger partial charge in [0.25, 0.3) is 0 Å². The first kappa shape index (κ1) is 15.9. The molecule has 0 aliphatic heterocycles. The van der Waals surface area contributed by atoms with Crippen molar-refractivity contribution < 1.29 is 13.5 Å². The molecule has 0 heterocycles. The predicted octanol–water partition coefficient (Wildman–Crippen LogP) is 4.52. The van der Waals surface area contributed by atoms with E-state index in [2.05, 4.69) is 17.0 Å². The molecule has 0 spiro atoms. The van der Waals surface area contributed by atoms with E-state index in [4.69, 9.17) is 0 Å². The number of nitrogens with one attached hydrogen (secondary N) is 1. The van der Waals surface area contributed by atoms with Crippen LogP contribution in [-0.2, 0) is 0 Å². The Morgan fingerprint density at radius 1 is 1.21 bits per heavy atom. The Labute approximate surface area is 114 Å². The molecule has 1 unspecified atom stereocenters. The molecular formula is C15H23F2NO. The number of halogens is 2. The van der Waals surface area contributed by atoms with E-state index in [9.17, 15) is 8.78 Å². The lowest BCUT2D eigenvalue weighted by atomic mass is 10.1. The highest BCUT2D eigenvalue weighted by atomic mass is 19.3. The maximum atomic E-state index is 12.1. The first-order chi connectivity index (χ1) is 9.13. The van der Waals surface area contributed by atoms with E-state index in [1.807, 2.05) is 13.0 Å². The molecule has 1 aromatic carbocycles. The normalized spacial score (nSPS) is 12.7. The Morgan fingerprint density at radius 2 is 2.00 bits per heavy atom. The lowest BCUT2D eigenvalue weighted by molar-refractivity contribution is -0.0499. The van der Waals surface area contributed by atoms with Crippen LogP contribution in [-0.4, -0.2) is 13.2 Å². The maximum absolute atomic E-state index is 12.1. The second-order valence-corrected chi connectivity index (χ2v) is 4.69. The summed E-state index contributed by atoms with van der Waals surface area (Å²) in [5.41, 5.74) is 0.966. The second kappa shape index (κ2) is 8.86. The Bertz CT molecular complexity index is 358. The molecule has 0 aromatic heterocycles. The second-order valence-electron chi connectivity index (χ2n) is 4.69. The largest absolute Gasteiger partial charge is 0.435 e. The molecule has 1 aromatic rings. The molecule has 0 amide bonds. The molecular weight excluding hydrogens is 248 g/mol. The highest BCUT2D eigenvalue weighted by Crippen LogP contribution is 2.20. The molecule has 108 valence electrons. The Hall–Kier alpha value is -1.16. The lowest BCUT2D eigenvalue weighted by Crippen LogP contribution is -2.19. The molecule has 0 fully saturated rings. The van der Waals surface area contributed by atoms with Gasteiger partial charge in [-0.25, -0.2) is 0 Å². The van der Waals surface area contributed by atoms with Gasteiger partial charge in [0, 0.05) is 6.04 Å². The highest BCUT2D eigenvalue weighted by molar-refractivity contribution is 5.30. The zero-order valence-corrected chi connectivity index (χ0v) is 11.7. The van der Waals surface area contributed by atoms with Gasteiger partial charge in [-0.1, -0.05) is 38.3 Å². The summed E-state index contributed by atoms with van der Waals surface area (Å²) in [6, 6.07) is 7.01. The molecule has 1 N–H and O–H groups in total. The molecule has 0 saturated carbocycles. The van der Waals surface area contributed by atoms with E-state index in [0.29, 0.717) is 0 Å². The van der Waals surface area contributed by atoms with Crippen molar-refractivity contribution in [3.63, 3.8) is 0 Å². The SMILES string of the molecule is CCCCCCNC(C)c1cccc(OC(F)F)c1. The fourth-order valence-corrected chi connectivity index (χ4v) is 1.95. The van der Waals surface area contributed by atoms with Gasteiger partial charge in [-0.05, 0) is 37.6 Å². The fourth-order valence-electron chi connectivity index (χ4n) is 1.95. The first-order valence-electron chi connectivity index (χ1n) is 6.91. The summed E-state index contributed by atoms with van der Waals surface area (Å²) in [5, 5.41) is 3.40. The van der Waals surface area contributed by atoms with Crippen molar-refractivity contribution in [2.45, 2.75) is 52.2 Å². The van der Waals surface area contributed by atoms with Gasteiger partial charge in [0.15, 0.2) is 0 Å². The number of alkyl halides is 2. The van der Waals surface area contributed by atoms with Crippen LogP contribution in [0.25, 0.3) is 0 Å². The van der Waals surface area contributed by atoms with Crippen molar-refractivity contribution in [3.05, 3.63) is 29.8 Å². The average Bonchev–Trinajstić information content (AvgIpc) is 2.38. The standard InChI is InChI=1S/C15H23F2NO/c1-3-4-5-6-10-18-12(2)13-8-7-9-14(11-13)19-15(16)17/h7-9,11-12,15,18H,3-6,10H2,1-2H3. The van der Waals surface area contributed by atoms with Gasteiger partial charge in [-0.15, -0.1) is 0 Å². The van der Waals surface area contributed by atoms with Crippen LogP contribution < -0.4 is 10.1 Å². The van der Waals surface area contributed by atoms with Gasteiger partial charge in [-0.3, -0.25) is 0 Å². The summed E-state index contributed by atoms with van der Waals surface area (Å²) < 4.78 is 28.7. The average molecular weight is 271 g/mol. The topological polar surface area (TPSA) is 21.3 Å². The van der Waals surface area contributed by atoms with Crippen molar-refractivity contribution in [1.29, 1.82) is 0 Å². The van der Waals surface area contributed by atoms with Gasteiger partial charge >= 0.3 is 6.61 Å². The number of unbranched alkanes of at least 4 members (excludes halogenated alkanes) is 3. The van der Waals surface area contributed by atoms with Crippen LogP contribution in [0.15, 0.2) is 24.3 Å². The van der Waals surface area contributed by atoms with E-state index in [1.165, 1.54) is 19.3 Å². The van der Waals surface area contributed by atoms with Crippen molar-refractivity contribution in [2.75, 3.05) is 6.54 Å². The summed E-state index contributed by atoms with van der Waals surface area (Å²) in [4.78, 5) is 0. The Morgan fingerprint density at radius 3 is 2.68 bits per heavy atom. The maximum Gasteiger partial charge on any atom is 0.387 e. The van der Waals surface area contributed by atoms with Crippen LogP contribution in [0.5, 0.6) is 5.75 Å². The van der Waals surface area contributed by atoms with Crippen LogP contribution in [0.4, 0.5) is 8.78 Å². The quantitative estimate of drug-likeness (QED) is 0.667. The van der Waals surface area contributed by atoms with Crippen molar-refractivity contribution in [3.8, 4) is 5.75 Å². The molecule has 2 nitrogen and oxygen atoms in total. The lowest BCUT2D eigenvalue weighted by Gasteiger charge is -2.15. The van der Waals surface area contributed by atoms with E-state index in [-0.39, 0.29) is 11.8 Å². The van der Waals surface area contributed by atoms with Crippen molar-refractivity contribution in [1.82, 2.24) is 5.32 Å². The minimum absolute atomic E-state index is 0.142.